The number of hydrogen-bond donors (Lipinski definition) is 2. The van der Waals surface area contributed by atoms with Gasteiger partial charge < -0.3 is 10.4 Å². The molecule has 3 heteroatoms. The molecule has 0 unspecified atom stereocenters. The lowest BCUT2D eigenvalue weighted by molar-refractivity contribution is 0.465. The smallest absolute Gasteiger partial charge is 0.120 e. The average molecular weight is 276 g/mol. The summed E-state index contributed by atoms with van der Waals surface area (Å²) in [7, 11) is 0. The van der Waals surface area contributed by atoms with E-state index < -0.39 is 0 Å². The molecule has 0 radical (unpaired) electrons. The minimum atomic E-state index is -0.0153. The van der Waals surface area contributed by atoms with Crippen molar-refractivity contribution in [3.8, 4) is 5.75 Å². The summed E-state index contributed by atoms with van der Waals surface area (Å²) in [5.74, 6) is 0.260. The number of rotatable bonds is 3. The van der Waals surface area contributed by atoms with Gasteiger partial charge in [0.15, 0.2) is 0 Å². The van der Waals surface area contributed by atoms with Crippen molar-refractivity contribution >= 4 is 17.3 Å². The molecule has 0 fully saturated rings. The third-order valence-electron chi connectivity index (χ3n) is 3.30. The lowest BCUT2D eigenvalue weighted by Gasteiger charge is -2.20. The molecule has 0 aliphatic carbocycles. The van der Waals surface area contributed by atoms with E-state index in [9.17, 15) is 5.11 Å². The first-order valence-corrected chi connectivity index (χ1v) is 6.68. The summed E-state index contributed by atoms with van der Waals surface area (Å²) in [6.07, 6.45) is 0. The van der Waals surface area contributed by atoms with Gasteiger partial charge in [0, 0.05) is 16.3 Å². The zero-order valence-electron chi connectivity index (χ0n) is 11.4. The largest absolute Gasteiger partial charge is 0.508 e. The van der Waals surface area contributed by atoms with E-state index in [0.29, 0.717) is 5.02 Å². The van der Waals surface area contributed by atoms with Crippen LogP contribution in [0.25, 0.3) is 0 Å². The number of halogens is 1. The monoisotopic (exact) mass is 275 g/mol. The number of hydrogen-bond acceptors (Lipinski definition) is 2. The quantitative estimate of drug-likeness (QED) is 0.840. The lowest BCUT2D eigenvalue weighted by Crippen LogP contribution is -2.09. The molecule has 0 aliphatic heterocycles. The Hall–Kier alpha value is -1.67. The second-order valence-electron chi connectivity index (χ2n) is 4.84. The number of aryl methyl sites for hydroxylation is 2. The van der Waals surface area contributed by atoms with E-state index in [4.69, 9.17) is 11.6 Å². The van der Waals surface area contributed by atoms with Crippen molar-refractivity contribution in [2.24, 2.45) is 0 Å². The molecule has 0 saturated carbocycles. The second kappa shape index (κ2) is 5.54. The molecule has 0 spiro atoms. The molecule has 2 N–H and O–H groups in total. The van der Waals surface area contributed by atoms with E-state index in [0.717, 1.165) is 11.3 Å². The van der Waals surface area contributed by atoms with Crippen LogP contribution in [0.3, 0.4) is 0 Å². The molecule has 0 amide bonds. The highest BCUT2D eigenvalue weighted by Gasteiger charge is 2.12. The van der Waals surface area contributed by atoms with Gasteiger partial charge in [-0.05, 0) is 50.1 Å². The van der Waals surface area contributed by atoms with E-state index >= 15 is 0 Å². The maximum Gasteiger partial charge on any atom is 0.120 e. The summed E-state index contributed by atoms with van der Waals surface area (Å²) >= 11 is 5.99. The van der Waals surface area contributed by atoms with Crippen molar-refractivity contribution in [1.29, 1.82) is 0 Å². The Morgan fingerprint density at radius 3 is 2.37 bits per heavy atom. The highest BCUT2D eigenvalue weighted by Crippen LogP contribution is 2.31. The van der Waals surface area contributed by atoms with E-state index in [1.54, 1.807) is 18.2 Å². The fourth-order valence-electron chi connectivity index (χ4n) is 2.21. The predicted molar refractivity (Wildman–Crippen MR) is 81.1 cm³/mol. The molecule has 0 aliphatic rings. The topological polar surface area (TPSA) is 32.3 Å². The molecule has 0 aromatic heterocycles. The van der Waals surface area contributed by atoms with Crippen LogP contribution in [0, 0.1) is 13.8 Å². The van der Waals surface area contributed by atoms with E-state index in [1.807, 2.05) is 13.0 Å². The minimum Gasteiger partial charge on any atom is -0.508 e. The molecule has 0 saturated heterocycles. The van der Waals surface area contributed by atoms with Crippen molar-refractivity contribution < 1.29 is 5.11 Å². The third-order valence-corrected chi connectivity index (χ3v) is 3.53. The van der Waals surface area contributed by atoms with Crippen LogP contribution in [-0.2, 0) is 0 Å². The lowest BCUT2D eigenvalue weighted by atomic mass is 10.0. The van der Waals surface area contributed by atoms with E-state index in [1.165, 1.54) is 11.1 Å². The normalized spacial score (nSPS) is 12.2. The number of anilines is 1. The Balaban J connectivity index is 2.31. The summed E-state index contributed by atoms with van der Waals surface area (Å²) < 4.78 is 0. The van der Waals surface area contributed by atoms with Crippen molar-refractivity contribution in [3.63, 3.8) is 0 Å². The average Bonchev–Trinajstić information content (AvgIpc) is 2.37. The van der Waals surface area contributed by atoms with Gasteiger partial charge in [0.1, 0.15) is 5.75 Å². The highest BCUT2D eigenvalue weighted by molar-refractivity contribution is 6.30. The second-order valence-corrected chi connectivity index (χ2v) is 5.27. The van der Waals surface area contributed by atoms with Crippen LogP contribution in [0.2, 0.25) is 5.02 Å². The SMILES string of the molecule is Cc1cccc(C)c1N[C@@H](C)c1cc(Cl)ccc1O. The standard InChI is InChI=1S/C16H18ClNO/c1-10-5-4-6-11(2)16(10)18-12(3)14-9-13(17)7-8-15(14)19/h4-9,12,18-19H,1-3H3/t12-/m0/s1. The van der Waals surface area contributed by atoms with E-state index in [2.05, 4.69) is 31.3 Å². The van der Waals surface area contributed by atoms with Gasteiger partial charge in [-0.25, -0.2) is 0 Å². The molecule has 0 heterocycles. The molecule has 2 aromatic rings. The van der Waals surface area contributed by atoms with Crippen LogP contribution in [-0.4, -0.2) is 5.11 Å². The van der Waals surface area contributed by atoms with Gasteiger partial charge in [-0.3, -0.25) is 0 Å². The number of nitrogens with one attached hydrogen (secondary N) is 1. The number of para-hydroxylation sites is 1. The molecule has 0 bridgehead atoms. The van der Waals surface area contributed by atoms with Crippen LogP contribution >= 0.6 is 11.6 Å². The molecular formula is C16H18ClNO. The Bertz CT molecular complexity index is 575. The maximum absolute atomic E-state index is 9.92. The zero-order chi connectivity index (χ0) is 14.0. The Kier molecular flexibility index (Phi) is 4.01. The number of benzene rings is 2. The predicted octanol–water partition coefficient (Wildman–Crippen LogP) is 4.84. The molecule has 1 atom stereocenters. The summed E-state index contributed by atoms with van der Waals surface area (Å²) in [5, 5.41) is 14.0. The zero-order valence-corrected chi connectivity index (χ0v) is 12.1. The summed E-state index contributed by atoms with van der Waals surface area (Å²) in [6.45, 7) is 6.15. The number of phenolic OH excluding ortho intramolecular Hbond substituents is 1. The fourth-order valence-corrected chi connectivity index (χ4v) is 2.39. The number of phenols is 1. The maximum atomic E-state index is 9.92. The summed E-state index contributed by atoms with van der Waals surface area (Å²) in [6, 6.07) is 11.3. The van der Waals surface area contributed by atoms with Crippen LogP contribution in [0.1, 0.15) is 29.7 Å². The fraction of sp³-hybridized carbons (Fsp3) is 0.250. The van der Waals surface area contributed by atoms with E-state index in [-0.39, 0.29) is 11.8 Å². The summed E-state index contributed by atoms with van der Waals surface area (Å²) in [5.41, 5.74) is 4.28. The van der Waals surface area contributed by atoms with Gasteiger partial charge >= 0.3 is 0 Å². The Morgan fingerprint density at radius 2 is 1.74 bits per heavy atom. The van der Waals surface area contributed by atoms with Gasteiger partial charge in [-0.2, -0.15) is 0 Å². The van der Waals surface area contributed by atoms with Gasteiger partial charge in [0.2, 0.25) is 0 Å². The highest BCUT2D eigenvalue weighted by atomic mass is 35.5. The van der Waals surface area contributed by atoms with Gasteiger partial charge in [-0.1, -0.05) is 29.8 Å². The summed E-state index contributed by atoms with van der Waals surface area (Å²) in [4.78, 5) is 0. The first-order chi connectivity index (χ1) is 8.99. The molecule has 100 valence electrons. The van der Waals surface area contributed by atoms with Crippen LogP contribution < -0.4 is 5.32 Å². The molecule has 2 rings (SSSR count). The number of aromatic hydroxyl groups is 1. The van der Waals surface area contributed by atoms with Crippen molar-refractivity contribution in [2.45, 2.75) is 26.8 Å². The molecular weight excluding hydrogens is 258 g/mol. The van der Waals surface area contributed by atoms with Crippen molar-refractivity contribution in [1.82, 2.24) is 0 Å². The van der Waals surface area contributed by atoms with Crippen LogP contribution in [0.5, 0.6) is 5.75 Å². The molecule has 2 aromatic carbocycles. The van der Waals surface area contributed by atoms with Crippen molar-refractivity contribution in [3.05, 3.63) is 58.1 Å². The first kappa shape index (κ1) is 13.8. The van der Waals surface area contributed by atoms with Crippen LogP contribution in [0.4, 0.5) is 5.69 Å². The Morgan fingerprint density at radius 1 is 1.11 bits per heavy atom. The van der Waals surface area contributed by atoms with Crippen LogP contribution in [0.15, 0.2) is 36.4 Å². The molecule has 2 nitrogen and oxygen atoms in total. The first-order valence-electron chi connectivity index (χ1n) is 6.30. The van der Waals surface area contributed by atoms with Gasteiger partial charge in [-0.15, -0.1) is 0 Å². The van der Waals surface area contributed by atoms with Gasteiger partial charge in [0.05, 0.1) is 6.04 Å². The van der Waals surface area contributed by atoms with Crippen molar-refractivity contribution in [2.75, 3.05) is 5.32 Å². The Labute approximate surface area is 119 Å². The van der Waals surface area contributed by atoms with Gasteiger partial charge in [0.25, 0.3) is 0 Å². The third kappa shape index (κ3) is 3.02. The minimum absolute atomic E-state index is 0.0153. The molecule has 19 heavy (non-hydrogen) atoms.